The fourth-order valence-electron chi connectivity index (χ4n) is 1.37. The summed E-state index contributed by atoms with van der Waals surface area (Å²) in [5.41, 5.74) is 1.40. The molecule has 4 heteroatoms. The number of rotatable bonds is 3. The zero-order valence-corrected chi connectivity index (χ0v) is 10.1. The first-order valence-corrected chi connectivity index (χ1v) is 5.91. The lowest BCUT2D eigenvalue weighted by atomic mass is 10.2. The van der Waals surface area contributed by atoms with Crippen molar-refractivity contribution in [1.82, 2.24) is 4.98 Å². The summed E-state index contributed by atoms with van der Waals surface area (Å²) in [7, 11) is 0. The van der Waals surface area contributed by atoms with Gasteiger partial charge in [0.25, 0.3) is 0 Å². The van der Waals surface area contributed by atoms with Gasteiger partial charge in [-0.15, -0.1) is 0 Å². The van der Waals surface area contributed by atoms with Crippen LogP contribution in [0.2, 0.25) is 0 Å². The second-order valence-electron chi connectivity index (χ2n) is 3.61. The monoisotopic (exact) mass is 245 g/mol. The summed E-state index contributed by atoms with van der Waals surface area (Å²) in [6.45, 7) is 2.03. The maximum atomic E-state index is 10.7. The van der Waals surface area contributed by atoms with Crippen LogP contribution in [0, 0.1) is 6.92 Å². The molecule has 86 valence electrons. The molecular formula is C13H11NO2S. The molecule has 0 atom stereocenters. The normalized spacial score (nSPS) is 10.2. The fraction of sp³-hybridized carbons (Fsp3) is 0.0769. The number of nitrogens with zero attached hydrogens (tertiary/aromatic N) is 1. The van der Waals surface area contributed by atoms with Crippen LogP contribution in [0.4, 0.5) is 0 Å². The molecule has 0 radical (unpaired) electrons. The molecule has 0 aliphatic carbocycles. The average molecular weight is 245 g/mol. The van der Waals surface area contributed by atoms with Crippen LogP contribution in [0.3, 0.4) is 0 Å². The number of aromatic nitrogens is 1. The van der Waals surface area contributed by atoms with Crippen molar-refractivity contribution in [3.05, 3.63) is 53.7 Å². The van der Waals surface area contributed by atoms with Gasteiger partial charge in [-0.3, -0.25) is 0 Å². The average Bonchev–Trinajstić information content (AvgIpc) is 2.29. The van der Waals surface area contributed by atoms with E-state index in [1.54, 1.807) is 12.1 Å². The molecule has 0 spiro atoms. The lowest BCUT2D eigenvalue weighted by Gasteiger charge is -2.02. The molecule has 1 aromatic carbocycles. The van der Waals surface area contributed by atoms with Crippen molar-refractivity contribution in [1.29, 1.82) is 0 Å². The van der Waals surface area contributed by atoms with Crippen LogP contribution in [0.15, 0.2) is 52.5 Å². The predicted octanol–water partition coefficient (Wildman–Crippen LogP) is 3.24. The highest BCUT2D eigenvalue weighted by molar-refractivity contribution is 7.99. The third-order valence-electron chi connectivity index (χ3n) is 2.20. The highest BCUT2D eigenvalue weighted by Crippen LogP contribution is 2.26. The minimum absolute atomic E-state index is 0.207. The van der Waals surface area contributed by atoms with Crippen molar-refractivity contribution in [3.63, 3.8) is 0 Å². The van der Waals surface area contributed by atoms with Crippen LogP contribution in [-0.2, 0) is 0 Å². The van der Waals surface area contributed by atoms with Gasteiger partial charge in [-0.05, 0) is 31.2 Å². The van der Waals surface area contributed by atoms with Gasteiger partial charge in [0, 0.05) is 11.1 Å². The van der Waals surface area contributed by atoms with E-state index in [-0.39, 0.29) is 5.56 Å². The maximum Gasteiger partial charge on any atom is 0.337 e. The molecule has 0 aliphatic rings. The van der Waals surface area contributed by atoms with E-state index in [4.69, 9.17) is 5.11 Å². The van der Waals surface area contributed by atoms with E-state index in [0.717, 1.165) is 9.92 Å². The number of carboxylic acids is 1. The van der Waals surface area contributed by atoms with Crippen molar-refractivity contribution in [3.8, 4) is 0 Å². The molecule has 1 heterocycles. The van der Waals surface area contributed by atoms with Crippen molar-refractivity contribution in [2.24, 2.45) is 0 Å². The number of carboxylic acid groups (broad SMARTS) is 1. The Morgan fingerprint density at radius 1 is 1.29 bits per heavy atom. The zero-order valence-electron chi connectivity index (χ0n) is 9.25. The van der Waals surface area contributed by atoms with Crippen LogP contribution in [0.1, 0.15) is 15.9 Å². The second kappa shape index (κ2) is 5.01. The molecule has 3 nitrogen and oxygen atoms in total. The van der Waals surface area contributed by atoms with Gasteiger partial charge < -0.3 is 5.11 Å². The van der Waals surface area contributed by atoms with Gasteiger partial charge in [0.2, 0.25) is 0 Å². The Labute approximate surface area is 104 Å². The Balaban J connectivity index is 2.16. The van der Waals surface area contributed by atoms with Crippen molar-refractivity contribution in [2.45, 2.75) is 16.8 Å². The number of pyridine rings is 1. The van der Waals surface area contributed by atoms with Gasteiger partial charge in [0.15, 0.2) is 0 Å². The number of hydrogen-bond acceptors (Lipinski definition) is 3. The number of carbonyl (C=O) groups is 1. The Morgan fingerprint density at radius 3 is 2.71 bits per heavy atom. The lowest BCUT2D eigenvalue weighted by molar-refractivity contribution is 0.0696. The summed E-state index contributed by atoms with van der Waals surface area (Å²) >= 11 is 1.52. The van der Waals surface area contributed by atoms with E-state index < -0.39 is 5.97 Å². The Morgan fingerprint density at radius 2 is 2.12 bits per heavy atom. The van der Waals surface area contributed by atoms with Crippen molar-refractivity contribution >= 4 is 17.7 Å². The number of aryl methyl sites for hydroxylation is 1. The number of benzene rings is 1. The molecule has 0 bridgehead atoms. The van der Waals surface area contributed by atoms with Crippen LogP contribution < -0.4 is 0 Å². The minimum Gasteiger partial charge on any atom is -0.478 e. The van der Waals surface area contributed by atoms with Crippen LogP contribution in [0.25, 0.3) is 0 Å². The van der Waals surface area contributed by atoms with Crippen molar-refractivity contribution in [2.75, 3.05) is 0 Å². The molecule has 1 aromatic heterocycles. The van der Waals surface area contributed by atoms with Gasteiger partial charge in [0.1, 0.15) is 5.03 Å². The van der Waals surface area contributed by atoms with E-state index in [0.29, 0.717) is 0 Å². The Kier molecular flexibility index (Phi) is 3.44. The van der Waals surface area contributed by atoms with Gasteiger partial charge in [0.05, 0.1) is 5.56 Å². The summed E-state index contributed by atoms with van der Waals surface area (Å²) in [6, 6.07) is 11.4. The smallest absolute Gasteiger partial charge is 0.337 e. The topological polar surface area (TPSA) is 50.2 Å². The lowest BCUT2D eigenvalue weighted by Crippen LogP contribution is -1.96. The van der Waals surface area contributed by atoms with Crippen LogP contribution in [0.5, 0.6) is 0 Å². The molecule has 2 aromatic rings. The molecule has 0 unspecified atom stereocenters. The standard InChI is InChI=1S/C13H11NO2S/c1-9-3-2-4-11(7-9)17-12-6-5-10(8-14-12)13(15)16/h2-8H,1H3,(H,15,16). The molecule has 0 saturated carbocycles. The first kappa shape index (κ1) is 11.7. The van der Waals surface area contributed by atoms with Gasteiger partial charge in [-0.1, -0.05) is 29.5 Å². The van der Waals surface area contributed by atoms with E-state index in [1.165, 1.54) is 23.5 Å². The van der Waals surface area contributed by atoms with Gasteiger partial charge in [-0.25, -0.2) is 9.78 Å². The SMILES string of the molecule is Cc1cccc(Sc2ccc(C(=O)O)cn2)c1. The molecule has 1 N–H and O–H groups in total. The van der Waals surface area contributed by atoms with Crippen molar-refractivity contribution < 1.29 is 9.90 Å². The van der Waals surface area contributed by atoms with E-state index in [1.807, 2.05) is 25.1 Å². The van der Waals surface area contributed by atoms with Crippen LogP contribution >= 0.6 is 11.8 Å². The minimum atomic E-state index is -0.954. The van der Waals surface area contributed by atoms with Gasteiger partial charge in [-0.2, -0.15) is 0 Å². The molecule has 0 amide bonds. The number of hydrogen-bond donors (Lipinski definition) is 1. The molecule has 17 heavy (non-hydrogen) atoms. The largest absolute Gasteiger partial charge is 0.478 e. The van der Waals surface area contributed by atoms with E-state index in [2.05, 4.69) is 11.1 Å². The second-order valence-corrected chi connectivity index (χ2v) is 4.70. The number of aromatic carboxylic acids is 1. The Hall–Kier alpha value is -1.81. The van der Waals surface area contributed by atoms with Crippen LogP contribution in [-0.4, -0.2) is 16.1 Å². The summed E-state index contributed by atoms with van der Waals surface area (Å²) in [5, 5.41) is 9.55. The summed E-state index contributed by atoms with van der Waals surface area (Å²) in [4.78, 5) is 15.9. The summed E-state index contributed by atoms with van der Waals surface area (Å²) < 4.78 is 0. The predicted molar refractivity (Wildman–Crippen MR) is 66.5 cm³/mol. The Bertz CT molecular complexity index is 537. The molecule has 0 fully saturated rings. The van der Waals surface area contributed by atoms with Gasteiger partial charge >= 0.3 is 5.97 Å². The molecule has 0 aliphatic heterocycles. The highest BCUT2D eigenvalue weighted by atomic mass is 32.2. The van der Waals surface area contributed by atoms with E-state index >= 15 is 0 Å². The molecular weight excluding hydrogens is 234 g/mol. The highest BCUT2D eigenvalue weighted by Gasteiger charge is 2.04. The summed E-state index contributed by atoms with van der Waals surface area (Å²) in [6.07, 6.45) is 1.38. The zero-order chi connectivity index (χ0) is 12.3. The maximum absolute atomic E-state index is 10.7. The first-order chi connectivity index (χ1) is 8.15. The third kappa shape index (κ3) is 3.07. The van der Waals surface area contributed by atoms with E-state index in [9.17, 15) is 4.79 Å². The quantitative estimate of drug-likeness (QED) is 0.901. The first-order valence-electron chi connectivity index (χ1n) is 5.09. The fourth-order valence-corrected chi connectivity index (χ4v) is 2.24. The molecule has 2 rings (SSSR count). The molecule has 0 saturated heterocycles. The third-order valence-corrected chi connectivity index (χ3v) is 3.14. The summed E-state index contributed by atoms with van der Waals surface area (Å²) in [5.74, 6) is -0.954.